The average molecular weight is 221 g/mol. The van der Waals surface area contributed by atoms with E-state index in [-0.39, 0.29) is 0 Å². The van der Waals surface area contributed by atoms with E-state index in [1.54, 1.807) is 12.4 Å². The molecule has 1 N–H and O–H groups in total. The zero-order valence-corrected chi connectivity index (χ0v) is 9.16. The summed E-state index contributed by atoms with van der Waals surface area (Å²) in [5.41, 5.74) is 2.83. The van der Waals surface area contributed by atoms with Gasteiger partial charge in [0.1, 0.15) is 0 Å². The molecule has 0 spiro atoms. The number of hydrogen-bond donors (Lipinski definition) is 1. The van der Waals surface area contributed by atoms with E-state index in [9.17, 15) is 0 Å². The lowest BCUT2D eigenvalue weighted by Gasteiger charge is -2.01. The maximum Gasteiger partial charge on any atom is 0.0893 e. The van der Waals surface area contributed by atoms with Crippen LogP contribution in [-0.2, 0) is 13.1 Å². The van der Waals surface area contributed by atoms with Gasteiger partial charge in [0.15, 0.2) is 0 Å². The third kappa shape index (κ3) is 3.03. The molecule has 0 aliphatic heterocycles. The Bertz CT molecular complexity index is 397. The number of nitrogens with one attached hydrogen (secondary N) is 1. The van der Waals surface area contributed by atoms with E-state index in [2.05, 4.69) is 24.9 Å². The molecule has 0 amide bonds. The maximum absolute atomic E-state index is 4.24. The minimum absolute atomic E-state index is 0.699. The predicted molar refractivity (Wildman–Crippen MR) is 57.2 cm³/mol. The van der Waals surface area contributed by atoms with Gasteiger partial charge in [-0.15, -0.1) is 5.10 Å². The summed E-state index contributed by atoms with van der Waals surface area (Å²) in [5, 5.41) is 9.08. The second-order valence-electron chi connectivity index (χ2n) is 3.15. The lowest BCUT2D eigenvalue weighted by molar-refractivity contribution is 0.662. The standard InChI is InChI=1S/C9H11N5S/c1-7-2-12-8(5-11-7)3-10-4-9-6-15-14-13-9/h2,5-6,10H,3-4H2,1H3. The Morgan fingerprint density at radius 1 is 1.20 bits per heavy atom. The van der Waals surface area contributed by atoms with Crippen molar-refractivity contribution in [3.05, 3.63) is 34.9 Å². The normalized spacial score (nSPS) is 10.5. The Balaban J connectivity index is 1.81. The van der Waals surface area contributed by atoms with E-state index in [0.29, 0.717) is 13.1 Å². The van der Waals surface area contributed by atoms with Crippen molar-refractivity contribution in [2.24, 2.45) is 0 Å². The molecule has 2 rings (SSSR count). The quantitative estimate of drug-likeness (QED) is 0.832. The van der Waals surface area contributed by atoms with Gasteiger partial charge in [-0.1, -0.05) is 4.49 Å². The molecule has 6 heteroatoms. The van der Waals surface area contributed by atoms with E-state index < -0.39 is 0 Å². The highest BCUT2D eigenvalue weighted by Crippen LogP contribution is 1.97. The van der Waals surface area contributed by atoms with Crippen LogP contribution in [0.4, 0.5) is 0 Å². The molecule has 15 heavy (non-hydrogen) atoms. The minimum atomic E-state index is 0.699. The fourth-order valence-corrected chi connectivity index (χ4v) is 1.54. The van der Waals surface area contributed by atoms with Crippen LogP contribution in [-0.4, -0.2) is 19.6 Å². The summed E-state index contributed by atoms with van der Waals surface area (Å²) in [4.78, 5) is 8.41. The third-order valence-electron chi connectivity index (χ3n) is 1.85. The maximum atomic E-state index is 4.24. The molecule has 0 bridgehead atoms. The van der Waals surface area contributed by atoms with Crippen molar-refractivity contribution in [2.45, 2.75) is 20.0 Å². The fourth-order valence-electron chi connectivity index (χ4n) is 1.09. The van der Waals surface area contributed by atoms with Crippen molar-refractivity contribution in [3.63, 3.8) is 0 Å². The van der Waals surface area contributed by atoms with Gasteiger partial charge in [0, 0.05) is 30.9 Å². The van der Waals surface area contributed by atoms with E-state index in [1.165, 1.54) is 11.5 Å². The van der Waals surface area contributed by atoms with Crippen LogP contribution in [0, 0.1) is 6.92 Å². The molecular weight excluding hydrogens is 210 g/mol. The fraction of sp³-hybridized carbons (Fsp3) is 0.333. The lowest BCUT2D eigenvalue weighted by atomic mass is 10.4. The molecule has 0 fully saturated rings. The Hall–Kier alpha value is -1.40. The van der Waals surface area contributed by atoms with Crippen LogP contribution in [0.5, 0.6) is 0 Å². The molecule has 0 saturated carbocycles. The monoisotopic (exact) mass is 221 g/mol. The summed E-state index contributed by atoms with van der Waals surface area (Å²) in [6, 6.07) is 0. The van der Waals surface area contributed by atoms with Crippen molar-refractivity contribution in [2.75, 3.05) is 0 Å². The number of aryl methyl sites for hydroxylation is 1. The molecule has 2 heterocycles. The third-order valence-corrected chi connectivity index (χ3v) is 2.41. The van der Waals surface area contributed by atoms with Gasteiger partial charge in [-0.2, -0.15) is 0 Å². The summed E-state index contributed by atoms with van der Waals surface area (Å²) in [7, 11) is 0. The molecule has 5 nitrogen and oxygen atoms in total. The molecule has 0 aliphatic rings. The van der Waals surface area contributed by atoms with Crippen LogP contribution < -0.4 is 5.32 Å². The van der Waals surface area contributed by atoms with Crippen molar-refractivity contribution in [1.82, 2.24) is 24.9 Å². The highest BCUT2D eigenvalue weighted by atomic mass is 32.1. The molecule has 0 aromatic carbocycles. The van der Waals surface area contributed by atoms with Gasteiger partial charge in [0.25, 0.3) is 0 Å². The van der Waals surface area contributed by atoms with Gasteiger partial charge >= 0.3 is 0 Å². The van der Waals surface area contributed by atoms with Crippen LogP contribution in [0.2, 0.25) is 0 Å². The lowest BCUT2D eigenvalue weighted by Crippen LogP contribution is -2.14. The first kappa shape index (κ1) is 10.1. The number of nitrogens with zero attached hydrogens (tertiary/aromatic N) is 4. The molecule has 0 radical (unpaired) electrons. The molecule has 2 aromatic heterocycles. The first-order valence-corrected chi connectivity index (χ1v) is 5.42. The van der Waals surface area contributed by atoms with Crippen LogP contribution in [0.3, 0.4) is 0 Å². The van der Waals surface area contributed by atoms with Gasteiger partial charge < -0.3 is 5.32 Å². The molecule has 0 unspecified atom stereocenters. The van der Waals surface area contributed by atoms with Gasteiger partial charge in [0.05, 0.1) is 17.1 Å². The average Bonchev–Trinajstić information content (AvgIpc) is 2.74. The molecular formula is C9H11N5S. The molecule has 78 valence electrons. The number of rotatable bonds is 4. The minimum Gasteiger partial charge on any atom is -0.305 e. The van der Waals surface area contributed by atoms with Crippen LogP contribution in [0.15, 0.2) is 17.8 Å². The second-order valence-corrected chi connectivity index (χ2v) is 3.76. The van der Waals surface area contributed by atoms with Crippen LogP contribution in [0.1, 0.15) is 17.1 Å². The first-order chi connectivity index (χ1) is 7.34. The van der Waals surface area contributed by atoms with Crippen molar-refractivity contribution in [3.8, 4) is 0 Å². The second kappa shape index (κ2) is 4.90. The molecule has 0 aliphatic carbocycles. The summed E-state index contributed by atoms with van der Waals surface area (Å²) < 4.78 is 3.78. The van der Waals surface area contributed by atoms with Crippen LogP contribution in [0.25, 0.3) is 0 Å². The van der Waals surface area contributed by atoms with Gasteiger partial charge in [-0.25, -0.2) is 0 Å². The molecule has 0 saturated heterocycles. The van der Waals surface area contributed by atoms with Gasteiger partial charge in [-0.05, 0) is 18.5 Å². The van der Waals surface area contributed by atoms with Crippen molar-refractivity contribution < 1.29 is 0 Å². The first-order valence-electron chi connectivity index (χ1n) is 4.59. The Morgan fingerprint density at radius 3 is 2.73 bits per heavy atom. The SMILES string of the molecule is Cc1cnc(CNCc2csnn2)cn1. The topological polar surface area (TPSA) is 63.6 Å². The summed E-state index contributed by atoms with van der Waals surface area (Å²) in [6.07, 6.45) is 3.54. The van der Waals surface area contributed by atoms with Crippen molar-refractivity contribution >= 4 is 11.5 Å². The van der Waals surface area contributed by atoms with Gasteiger partial charge in [-0.3, -0.25) is 9.97 Å². The Labute approximate surface area is 91.8 Å². The zero-order valence-electron chi connectivity index (χ0n) is 8.34. The van der Waals surface area contributed by atoms with Gasteiger partial charge in [0.2, 0.25) is 0 Å². The molecule has 2 aromatic rings. The van der Waals surface area contributed by atoms with Crippen LogP contribution >= 0.6 is 11.5 Å². The highest BCUT2D eigenvalue weighted by molar-refractivity contribution is 7.03. The number of hydrogen-bond acceptors (Lipinski definition) is 6. The molecule has 0 atom stereocenters. The summed E-state index contributed by atoms with van der Waals surface area (Å²) in [5.74, 6) is 0. The Morgan fingerprint density at radius 2 is 2.07 bits per heavy atom. The van der Waals surface area contributed by atoms with E-state index >= 15 is 0 Å². The zero-order chi connectivity index (χ0) is 10.5. The van der Waals surface area contributed by atoms with E-state index in [4.69, 9.17) is 0 Å². The number of aromatic nitrogens is 4. The van der Waals surface area contributed by atoms with Crippen molar-refractivity contribution in [1.29, 1.82) is 0 Å². The smallest absolute Gasteiger partial charge is 0.0893 e. The Kier molecular flexibility index (Phi) is 3.31. The summed E-state index contributed by atoms with van der Waals surface area (Å²) in [6.45, 7) is 3.34. The predicted octanol–water partition coefficient (Wildman–Crippen LogP) is 0.926. The largest absolute Gasteiger partial charge is 0.305 e. The summed E-state index contributed by atoms with van der Waals surface area (Å²) >= 11 is 1.36. The highest BCUT2D eigenvalue weighted by Gasteiger charge is 1.97. The van der Waals surface area contributed by atoms with E-state index in [0.717, 1.165) is 17.1 Å². The van der Waals surface area contributed by atoms with E-state index in [1.807, 2.05) is 12.3 Å².